The third-order valence-electron chi connectivity index (χ3n) is 1.51. The molecule has 0 aliphatic carbocycles. The van der Waals surface area contributed by atoms with Gasteiger partial charge in [-0.25, -0.2) is 4.39 Å². The first-order chi connectivity index (χ1) is 6.11. The standard InChI is InChI=1S/C8H6BrFO3/c1-13-8-6(10)5(9)2-4(3-11)7(8)12/h2-3,12H,1H3. The number of methoxy groups -OCH3 is 1. The normalized spacial score (nSPS) is 9.77. The average Bonchev–Trinajstić information content (AvgIpc) is 2.12. The molecule has 0 atom stereocenters. The summed E-state index contributed by atoms with van der Waals surface area (Å²) in [6, 6.07) is 1.18. The fraction of sp³-hybridized carbons (Fsp3) is 0.125. The molecule has 0 aliphatic heterocycles. The Balaban J connectivity index is 3.47. The van der Waals surface area contributed by atoms with Crippen molar-refractivity contribution >= 4 is 22.2 Å². The fourth-order valence-electron chi connectivity index (χ4n) is 0.888. The quantitative estimate of drug-likeness (QED) is 0.816. The highest BCUT2D eigenvalue weighted by Gasteiger charge is 2.16. The van der Waals surface area contributed by atoms with E-state index in [0.29, 0.717) is 6.29 Å². The smallest absolute Gasteiger partial charge is 0.198 e. The topological polar surface area (TPSA) is 46.5 Å². The van der Waals surface area contributed by atoms with Crippen LogP contribution in [0.1, 0.15) is 10.4 Å². The van der Waals surface area contributed by atoms with E-state index in [1.807, 2.05) is 0 Å². The molecule has 70 valence electrons. The Morgan fingerprint density at radius 3 is 2.77 bits per heavy atom. The van der Waals surface area contributed by atoms with Crippen LogP contribution >= 0.6 is 15.9 Å². The molecule has 0 amide bonds. The Kier molecular flexibility index (Phi) is 2.87. The molecule has 0 bridgehead atoms. The summed E-state index contributed by atoms with van der Waals surface area (Å²) in [5.41, 5.74) is -0.0230. The lowest BCUT2D eigenvalue weighted by molar-refractivity contribution is 0.112. The number of phenols is 1. The van der Waals surface area contributed by atoms with Crippen molar-refractivity contribution in [1.29, 1.82) is 0 Å². The molecule has 0 aliphatic rings. The van der Waals surface area contributed by atoms with E-state index >= 15 is 0 Å². The minimum absolute atomic E-state index is 0.0230. The largest absolute Gasteiger partial charge is 0.504 e. The molecule has 0 aromatic heterocycles. The maximum Gasteiger partial charge on any atom is 0.198 e. The summed E-state index contributed by atoms with van der Waals surface area (Å²) < 4.78 is 17.8. The molecule has 1 rings (SSSR count). The summed E-state index contributed by atoms with van der Waals surface area (Å²) in [6.45, 7) is 0. The van der Waals surface area contributed by atoms with Crippen LogP contribution < -0.4 is 4.74 Å². The molecule has 0 unspecified atom stereocenters. The number of carbonyl (C=O) groups is 1. The Morgan fingerprint density at radius 1 is 1.69 bits per heavy atom. The van der Waals surface area contributed by atoms with E-state index in [9.17, 15) is 14.3 Å². The van der Waals surface area contributed by atoms with Crippen molar-refractivity contribution in [3.63, 3.8) is 0 Å². The van der Waals surface area contributed by atoms with E-state index in [4.69, 9.17) is 0 Å². The number of halogens is 2. The number of aromatic hydroxyl groups is 1. The lowest BCUT2D eigenvalue weighted by Crippen LogP contribution is -1.93. The Hall–Kier alpha value is -1.10. The summed E-state index contributed by atoms with van der Waals surface area (Å²) in [7, 11) is 1.21. The van der Waals surface area contributed by atoms with E-state index in [1.165, 1.54) is 13.2 Å². The molecule has 0 radical (unpaired) electrons. The third kappa shape index (κ3) is 1.65. The van der Waals surface area contributed by atoms with Gasteiger partial charge in [0.05, 0.1) is 17.1 Å². The molecule has 1 N–H and O–H groups in total. The number of carbonyl (C=O) groups excluding carboxylic acids is 1. The molecule has 0 fully saturated rings. The SMILES string of the molecule is COc1c(O)c(C=O)cc(Br)c1F. The van der Waals surface area contributed by atoms with Gasteiger partial charge in [-0.1, -0.05) is 0 Å². The highest BCUT2D eigenvalue weighted by Crippen LogP contribution is 2.36. The number of phenolic OH excluding ortho intramolecular Hbond substituents is 1. The van der Waals surface area contributed by atoms with E-state index in [2.05, 4.69) is 20.7 Å². The van der Waals surface area contributed by atoms with Crippen LogP contribution in [0.3, 0.4) is 0 Å². The first-order valence-corrected chi connectivity index (χ1v) is 4.11. The summed E-state index contributed by atoms with van der Waals surface area (Å²) in [5, 5.41) is 9.28. The molecule has 0 saturated carbocycles. The van der Waals surface area contributed by atoms with Crippen molar-refractivity contribution in [2.45, 2.75) is 0 Å². The van der Waals surface area contributed by atoms with Gasteiger partial charge in [0.15, 0.2) is 23.6 Å². The molecule has 13 heavy (non-hydrogen) atoms. The van der Waals surface area contributed by atoms with E-state index in [1.54, 1.807) is 0 Å². The molecule has 5 heteroatoms. The van der Waals surface area contributed by atoms with E-state index in [0.717, 1.165) is 0 Å². The number of hydrogen-bond acceptors (Lipinski definition) is 3. The monoisotopic (exact) mass is 248 g/mol. The van der Waals surface area contributed by atoms with Crippen molar-refractivity contribution in [2.24, 2.45) is 0 Å². The molecule has 1 aromatic rings. The molecular formula is C8H6BrFO3. The van der Waals surface area contributed by atoms with Crippen LogP contribution in [0.4, 0.5) is 4.39 Å². The van der Waals surface area contributed by atoms with Gasteiger partial charge < -0.3 is 9.84 Å². The maximum atomic E-state index is 13.1. The first-order valence-electron chi connectivity index (χ1n) is 3.32. The molecule has 0 spiro atoms. The predicted octanol–water partition coefficient (Wildman–Crippen LogP) is 2.11. The number of aldehydes is 1. The van der Waals surface area contributed by atoms with E-state index in [-0.39, 0.29) is 15.8 Å². The van der Waals surface area contributed by atoms with Gasteiger partial charge in [0.2, 0.25) is 0 Å². The number of rotatable bonds is 2. The number of benzene rings is 1. The second-order valence-corrected chi connectivity index (χ2v) is 3.12. The van der Waals surface area contributed by atoms with Gasteiger partial charge in [0.1, 0.15) is 0 Å². The van der Waals surface area contributed by atoms with Crippen LogP contribution in [0, 0.1) is 5.82 Å². The van der Waals surface area contributed by atoms with Crippen LogP contribution in [0.15, 0.2) is 10.5 Å². The summed E-state index contributed by atoms with van der Waals surface area (Å²) in [6.07, 6.45) is 0.419. The third-order valence-corrected chi connectivity index (χ3v) is 2.09. The van der Waals surface area contributed by atoms with E-state index < -0.39 is 11.6 Å². The van der Waals surface area contributed by atoms with Gasteiger partial charge in [-0.3, -0.25) is 4.79 Å². The van der Waals surface area contributed by atoms with Gasteiger partial charge >= 0.3 is 0 Å². The lowest BCUT2D eigenvalue weighted by Gasteiger charge is -2.07. The van der Waals surface area contributed by atoms with Crippen molar-refractivity contribution in [2.75, 3.05) is 7.11 Å². The highest BCUT2D eigenvalue weighted by molar-refractivity contribution is 9.10. The average molecular weight is 249 g/mol. The van der Waals surface area contributed by atoms with Crippen LogP contribution in [-0.2, 0) is 0 Å². The molecule has 0 heterocycles. The lowest BCUT2D eigenvalue weighted by atomic mass is 10.2. The van der Waals surface area contributed by atoms with Gasteiger partial charge in [0.25, 0.3) is 0 Å². The van der Waals surface area contributed by atoms with Crippen molar-refractivity contribution < 1.29 is 19.0 Å². The van der Waals surface area contributed by atoms with Crippen molar-refractivity contribution in [3.05, 3.63) is 21.9 Å². The number of ether oxygens (including phenoxy) is 1. The van der Waals surface area contributed by atoms with Crippen LogP contribution in [-0.4, -0.2) is 18.5 Å². The summed E-state index contributed by atoms with van der Waals surface area (Å²) in [5.74, 6) is -1.56. The molecule has 3 nitrogen and oxygen atoms in total. The second kappa shape index (κ2) is 3.74. The second-order valence-electron chi connectivity index (χ2n) is 2.26. The van der Waals surface area contributed by atoms with Crippen LogP contribution in [0.2, 0.25) is 0 Å². The Bertz CT molecular complexity index is 352. The molecular weight excluding hydrogens is 243 g/mol. The Labute approximate surface area is 82.3 Å². The predicted molar refractivity (Wildman–Crippen MR) is 47.7 cm³/mol. The van der Waals surface area contributed by atoms with Crippen LogP contribution in [0.25, 0.3) is 0 Å². The first kappa shape index (κ1) is 9.98. The zero-order chi connectivity index (χ0) is 10.0. The molecule has 1 aromatic carbocycles. The fourth-order valence-corrected chi connectivity index (χ4v) is 1.31. The maximum absolute atomic E-state index is 13.1. The van der Waals surface area contributed by atoms with Gasteiger partial charge in [-0.05, 0) is 22.0 Å². The minimum atomic E-state index is -0.731. The van der Waals surface area contributed by atoms with Crippen molar-refractivity contribution in [1.82, 2.24) is 0 Å². The minimum Gasteiger partial charge on any atom is -0.504 e. The molecule has 0 saturated heterocycles. The zero-order valence-corrected chi connectivity index (χ0v) is 8.26. The summed E-state index contributed by atoms with van der Waals surface area (Å²) >= 11 is 2.89. The van der Waals surface area contributed by atoms with Crippen molar-refractivity contribution in [3.8, 4) is 11.5 Å². The van der Waals surface area contributed by atoms with Gasteiger partial charge in [0, 0.05) is 0 Å². The van der Waals surface area contributed by atoms with Gasteiger partial charge in [-0.2, -0.15) is 0 Å². The number of hydrogen-bond donors (Lipinski definition) is 1. The Morgan fingerprint density at radius 2 is 2.31 bits per heavy atom. The highest BCUT2D eigenvalue weighted by atomic mass is 79.9. The van der Waals surface area contributed by atoms with Gasteiger partial charge in [-0.15, -0.1) is 0 Å². The zero-order valence-electron chi connectivity index (χ0n) is 6.67. The summed E-state index contributed by atoms with van der Waals surface area (Å²) in [4.78, 5) is 10.4. The van der Waals surface area contributed by atoms with Crippen LogP contribution in [0.5, 0.6) is 11.5 Å².